The third kappa shape index (κ3) is 6.05. The normalized spacial score (nSPS) is 11.0. The summed E-state index contributed by atoms with van der Waals surface area (Å²) in [6, 6.07) is 4.55. The second kappa shape index (κ2) is 7.55. The van der Waals surface area contributed by atoms with Gasteiger partial charge in [0.1, 0.15) is 17.3 Å². The van der Waals surface area contributed by atoms with Crippen molar-refractivity contribution in [2.75, 3.05) is 6.61 Å². The first kappa shape index (κ1) is 18.1. The minimum Gasteiger partial charge on any atom is -0.484 e. The van der Waals surface area contributed by atoms with Gasteiger partial charge in [-0.2, -0.15) is 0 Å². The summed E-state index contributed by atoms with van der Waals surface area (Å²) in [5.41, 5.74) is -0.179. The van der Waals surface area contributed by atoms with Crippen LogP contribution in [0.4, 0.5) is 13.2 Å². The number of H-pyrrole nitrogens is 1. The van der Waals surface area contributed by atoms with Crippen LogP contribution in [0.2, 0.25) is 0 Å². The number of nitrogens with zero attached hydrogens (tertiary/aromatic N) is 1. The molecule has 0 fully saturated rings. The molecule has 11 heteroatoms. The number of carbonyl (C=O) groups is 2. The molecule has 0 unspecified atom stereocenters. The predicted octanol–water partition coefficient (Wildman–Crippen LogP) is 1.70. The molecule has 2 aromatic rings. The Morgan fingerprint density at radius 3 is 2.40 bits per heavy atom. The summed E-state index contributed by atoms with van der Waals surface area (Å²) < 4.78 is 44.9. The third-order valence-electron chi connectivity index (χ3n) is 2.73. The van der Waals surface area contributed by atoms with E-state index in [0.717, 1.165) is 12.1 Å². The molecule has 0 atom stereocenters. The summed E-state index contributed by atoms with van der Waals surface area (Å²) in [5.74, 6) is -1.70. The Kier molecular flexibility index (Phi) is 5.47. The molecule has 8 nitrogen and oxygen atoms in total. The maximum atomic E-state index is 12.0. The fraction of sp³-hybridized carbons (Fsp3) is 0.214. The molecule has 1 aromatic carbocycles. The molecule has 0 aliphatic carbocycles. The van der Waals surface area contributed by atoms with Gasteiger partial charge in [0.2, 0.25) is 0 Å². The van der Waals surface area contributed by atoms with E-state index in [1.54, 1.807) is 0 Å². The number of halogens is 3. The number of aromatic amines is 1. The van der Waals surface area contributed by atoms with Gasteiger partial charge < -0.3 is 24.9 Å². The Labute approximate surface area is 138 Å². The Hall–Kier alpha value is -3.24. The second-order valence-corrected chi connectivity index (χ2v) is 4.62. The van der Waals surface area contributed by atoms with E-state index in [0.29, 0.717) is 0 Å². The average Bonchev–Trinajstić information content (AvgIpc) is 3.00. The van der Waals surface area contributed by atoms with Crippen molar-refractivity contribution < 1.29 is 37.3 Å². The molecule has 1 amide bonds. The van der Waals surface area contributed by atoms with E-state index >= 15 is 0 Å². The number of hydrogen-bond donors (Lipinski definition) is 3. The van der Waals surface area contributed by atoms with Gasteiger partial charge in [-0.25, -0.2) is 9.78 Å². The average molecular weight is 359 g/mol. The molecule has 2 rings (SSSR count). The van der Waals surface area contributed by atoms with Gasteiger partial charge in [0.05, 0.1) is 6.54 Å². The molecule has 0 radical (unpaired) electrons. The molecule has 1 heterocycles. The van der Waals surface area contributed by atoms with Crippen LogP contribution in [0.5, 0.6) is 11.5 Å². The summed E-state index contributed by atoms with van der Waals surface area (Å²) in [6.07, 6.45) is -3.60. The van der Waals surface area contributed by atoms with Crippen LogP contribution in [-0.4, -0.2) is 39.9 Å². The molecule has 0 saturated carbocycles. The zero-order valence-electron chi connectivity index (χ0n) is 12.5. The Balaban J connectivity index is 1.76. The lowest BCUT2D eigenvalue weighted by Crippen LogP contribution is -2.28. The lowest BCUT2D eigenvalue weighted by molar-refractivity contribution is -0.274. The van der Waals surface area contributed by atoms with Gasteiger partial charge in [0, 0.05) is 6.20 Å². The fourth-order valence-electron chi connectivity index (χ4n) is 1.68. The van der Waals surface area contributed by atoms with Gasteiger partial charge in [-0.3, -0.25) is 4.79 Å². The van der Waals surface area contributed by atoms with Gasteiger partial charge in [0.25, 0.3) is 5.91 Å². The lowest BCUT2D eigenvalue weighted by atomic mass is 10.3. The van der Waals surface area contributed by atoms with Crippen LogP contribution in [0, 0.1) is 0 Å². The Morgan fingerprint density at radius 2 is 1.84 bits per heavy atom. The van der Waals surface area contributed by atoms with Crippen LogP contribution >= 0.6 is 0 Å². The van der Waals surface area contributed by atoms with E-state index in [-0.39, 0.29) is 30.4 Å². The van der Waals surface area contributed by atoms with Gasteiger partial charge in [-0.15, -0.1) is 13.2 Å². The number of carbonyl (C=O) groups excluding carboxylic acids is 1. The van der Waals surface area contributed by atoms with Crippen molar-refractivity contribution in [3.05, 3.63) is 42.0 Å². The number of carboxylic acids is 1. The highest BCUT2D eigenvalue weighted by atomic mass is 19.4. The largest absolute Gasteiger partial charge is 0.573 e. The van der Waals surface area contributed by atoms with Crippen LogP contribution in [0.3, 0.4) is 0 Å². The monoisotopic (exact) mass is 359 g/mol. The molecule has 0 spiro atoms. The topological polar surface area (TPSA) is 114 Å². The van der Waals surface area contributed by atoms with Crippen LogP contribution in [-0.2, 0) is 11.3 Å². The molecule has 25 heavy (non-hydrogen) atoms. The van der Waals surface area contributed by atoms with E-state index in [2.05, 4.69) is 20.0 Å². The smallest absolute Gasteiger partial charge is 0.484 e. The fourth-order valence-corrected chi connectivity index (χ4v) is 1.68. The van der Waals surface area contributed by atoms with Crippen LogP contribution in [0.25, 0.3) is 0 Å². The quantitative estimate of drug-likeness (QED) is 0.693. The zero-order chi connectivity index (χ0) is 18.4. The number of hydrogen-bond acceptors (Lipinski definition) is 5. The van der Waals surface area contributed by atoms with Gasteiger partial charge >= 0.3 is 12.3 Å². The van der Waals surface area contributed by atoms with Crippen molar-refractivity contribution >= 4 is 11.9 Å². The van der Waals surface area contributed by atoms with Crippen molar-refractivity contribution in [2.24, 2.45) is 0 Å². The first-order valence-corrected chi connectivity index (χ1v) is 6.76. The number of benzene rings is 1. The van der Waals surface area contributed by atoms with Crippen molar-refractivity contribution in [3.63, 3.8) is 0 Å². The molecule has 0 aliphatic heterocycles. The van der Waals surface area contributed by atoms with Crippen LogP contribution in [0.15, 0.2) is 30.5 Å². The standard InChI is InChI=1S/C14H12F3N3O5/c15-14(16,17)25-9-3-1-8(2-4-9)24-7-12(21)19-6-11-18-5-10(20-11)13(22)23/h1-5H,6-7H2,(H,18,20)(H,19,21)(H,22,23). The highest BCUT2D eigenvalue weighted by Gasteiger charge is 2.30. The molecular formula is C14H12F3N3O5. The van der Waals surface area contributed by atoms with Crippen molar-refractivity contribution in [1.82, 2.24) is 15.3 Å². The molecule has 1 aromatic heterocycles. The Morgan fingerprint density at radius 1 is 1.20 bits per heavy atom. The number of amides is 1. The summed E-state index contributed by atoms with van der Waals surface area (Å²) in [5, 5.41) is 11.1. The molecule has 0 saturated heterocycles. The molecule has 0 aliphatic rings. The molecule has 0 bridgehead atoms. The number of aromatic nitrogens is 2. The van der Waals surface area contributed by atoms with Gasteiger partial charge in [-0.05, 0) is 24.3 Å². The first-order valence-electron chi connectivity index (χ1n) is 6.76. The summed E-state index contributed by atoms with van der Waals surface area (Å²) in [4.78, 5) is 28.6. The maximum Gasteiger partial charge on any atom is 0.573 e. The van der Waals surface area contributed by atoms with E-state index < -0.39 is 24.0 Å². The van der Waals surface area contributed by atoms with E-state index in [1.165, 1.54) is 18.3 Å². The Bertz CT molecular complexity index is 743. The minimum absolute atomic E-state index is 0.0339. The predicted molar refractivity (Wildman–Crippen MR) is 76.0 cm³/mol. The third-order valence-corrected chi connectivity index (χ3v) is 2.73. The highest BCUT2D eigenvalue weighted by molar-refractivity contribution is 5.85. The number of carboxylic acid groups (broad SMARTS) is 1. The van der Waals surface area contributed by atoms with E-state index in [4.69, 9.17) is 9.84 Å². The van der Waals surface area contributed by atoms with Crippen molar-refractivity contribution in [1.29, 1.82) is 0 Å². The summed E-state index contributed by atoms with van der Waals surface area (Å²) in [6.45, 7) is -0.417. The first-order chi connectivity index (χ1) is 11.7. The number of aromatic carboxylic acids is 1. The zero-order valence-corrected chi connectivity index (χ0v) is 12.5. The lowest BCUT2D eigenvalue weighted by Gasteiger charge is -2.10. The maximum absolute atomic E-state index is 12.0. The van der Waals surface area contributed by atoms with Crippen molar-refractivity contribution in [3.8, 4) is 11.5 Å². The highest BCUT2D eigenvalue weighted by Crippen LogP contribution is 2.24. The van der Waals surface area contributed by atoms with E-state index in [1.807, 2.05) is 0 Å². The number of alkyl halides is 3. The summed E-state index contributed by atoms with van der Waals surface area (Å²) >= 11 is 0. The van der Waals surface area contributed by atoms with Crippen LogP contribution < -0.4 is 14.8 Å². The van der Waals surface area contributed by atoms with Crippen LogP contribution in [0.1, 0.15) is 16.3 Å². The number of imidazole rings is 1. The minimum atomic E-state index is -4.78. The SMILES string of the molecule is O=C(COc1ccc(OC(F)(F)F)cc1)NCc1nc(C(=O)O)c[nH]1. The molecule has 3 N–H and O–H groups in total. The molecule has 134 valence electrons. The second-order valence-electron chi connectivity index (χ2n) is 4.62. The van der Waals surface area contributed by atoms with Gasteiger partial charge in [0.15, 0.2) is 12.3 Å². The van der Waals surface area contributed by atoms with Gasteiger partial charge in [-0.1, -0.05) is 0 Å². The summed E-state index contributed by atoms with van der Waals surface area (Å²) in [7, 11) is 0. The number of nitrogens with one attached hydrogen (secondary N) is 2. The molecular weight excluding hydrogens is 347 g/mol. The number of ether oxygens (including phenoxy) is 2. The van der Waals surface area contributed by atoms with Crippen molar-refractivity contribution in [2.45, 2.75) is 12.9 Å². The number of rotatable bonds is 7. The van der Waals surface area contributed by atoms with E-state index in [9.17, 15) is 22.8 Å².